The van der Waals surface area contributed by atoms with Gasteiger partial charge in [0, 0.05) is 12.1 Å². The summed E-state index contributed by atoms with van der Waals surface area (Å²) in [6.07, 6.45) is 4.40. The van der Waals surface area contributed by atoms with Crippen molar-refractivity contribution in [2.24, 2.45) is 17.1 Å². The average molecular weight is 221 g/mol. The summed E-state index contributed by atoms with van der Waals surface area (Å²) in [7, 11) is 0. The van der Waals surface area contributed by atoms with Gasteiger partial charge in [-0.1, -0.05) is 20.8 Å². The second-order valence-electron chi connectivity index (χ2n) is 6.19. The van der Waals surface area contributed by atoms with Gasteiger partial charge in [-0.15, -0.1) is 0 Å². The fraction of sp³-hybridized carbons (Fsp3) is 0.769. The minimum Gasteiger partial charge on any atom is -0.346 e. The molecule has 0 aromatic carbocycles. The molecule has 0 aliphatic heterocycles. The third-order valence-electron chi connectivity index (χ3n) is 3.23. The summed E-state index contributed by atoms with van der Waals surface area (Å²) < 4.78 is 0. The predicted molar refractivity (Wildman–Crippen MR) is 66.3 cm³/mol. The highest BCUT2D eigenvalue weighted by molar-refractivity contribution is 5.19. The first-order valence-corrected chi connectivity index (χ1v) is 6.24. The van der Waals surface area contributed by atoms with Crippen LogP contribution in [0.2, 0.25) is 0 Å². The number of hydrogen-bond donors (Lipinski definition) is 2. The largest absolute Gasteiger partial charge is 0.346 e. The van der Waals surface area contributed by atoms with Crippen LogP contribution in [0, 0.1) is 11.3 Å². The molecule has 0 amide bonds. The number of aromatic amines is 1. The highest BCUT2D eigenvalue weighted by Crippen LogP contribution is 2.25. The van der Waals surface area contributed by atoms with Gasteiger partial charge < -0.3 is 10.7 Å². The highest BCUT2D eigenvalue weighted by Gasteiger charge is 2.22. The van der Waals surface area contributed by atoms with Gasteiger partial charge in [-0.05, 0) is 37.1 Å². The van der Waals surface area contributed by atoms with Gasteiger partial charge in [0.2, 0.25) is 0 Å². The zero-order chi connectivity index (χ0) is 11.8. The van der Waals surface area contributed by atoms with Crippen molar-refractivity contribution in [3.8, 4) is 0 Å². The van der Waals surface area contributed by atoms with Crippen LogP contribution >= 0.6 is 0 Å². The van der Waals surface area contributed by atoms with E-state index in [4.69, 9.17) is 10.7 Å². The number of imidazole rings is 1. The van der Waals surface area contributed by atoms with E-state index in [2.05, 4.69) is 25.8 Å². The number of nitrogens with two attached hydrogens (primary N) is 1. The van der Waals surface area contributed by atoms with Gasteiger partial charge in [0.05, 0.1) is 5.69 Å². The lowest BCUT2D eigenvalue weighted by Gasteiger charge is -2.18. The number of nitrogens with one attached hydrogen (secondary N) is 1. The molecule has 2 rings (SSSR count). The molecule has 0 spiro atoms. The fourth-order valence-electron chi connectivity index (χ4n) is 2.40. The van der Waals surface area contributed by atoms with Crippen molar-refractivity contribution in [2.75, 3.05) is 6.54 Å². The van der Waals surface area contributed by atoms with Gasteiger partial charge in [-0.3, -0.25) is 0 Å². The molecule has 0 saturated heterocycles. The molecule has 1 aliphatic rings. The fourth-order valence-corrected chi connectivity index (χ4v) is 2.40. The van der Waals surface area contributed by atoms with Gasteiger partial charge in [-0.2, -0.15) is 0 Å². The van der Waals surface area contributed by atoms with Crippen LogP contribution in [0.1, 0.15) is 44.4 Å². The van der Waals surface area contributed by atoms with E-state index in [0.717, 1.165) is 31.6 Å². The summed E-state index contributed by atoms with van der Waals surface area (Å²) in [4.78, 5) is 8.20. The van der Waals surface area contributed by atoms with Gasteiger partial charge in [0.1, 0.15) is 5.82 Å². The molecule has 3 nitrogen and oxygen atoms in total. The quantitative estimate of drug-likeness (QED) is 0.803. The molecule has 1 atom stereocenters. The topological polar surface area (TPSA) is 54.7 Å². The second-order valence-corrected chi connectivity index (χ2v) is 6.19. The van der Waals surface area contributed by atoms with Crippen molar-refractivity contribution < 1.29 is 0 Å². The Hall–Kier alpha value is -0.830. The Kier molecular flexibility index (Phi) is 3.06. The Labute approximate surface area is 97.8 Å². The molecular weight excluding hydrogens is 198 g/mol. The van der Waals surface area contributed by atoms with E-state index < -0.39 is 0 Å². The number of hydrogen-bond acceptors (Lipinski definition) is 2. The summed E-state index contributed by atoms with van der Waals surface area (Å²) >= 11 is 0. The minimum atomic E-state index is 0.299. The van der Waals surface area contributed by atoms with E-state index in [-0.39, 0.29) is 0 Å². The van der Waals surface area contributed by atoms with Crippen molar-refractivity contribution in [3.05, 3.63) is 17.2 Å². The maximum Gasteiger partial charge on any atom is 0.107 e. The standard InChI is InChI=1S/C13H23N3/c1-13(2,3)7-12-15-10-5-4-9(8-14)6-11(10)16-12/h9H,4-8,14H2,1-3H3,(H,15,16). The van der Waals surface area contributed by atoms with Gasteiger partial charge >= 0.3 is 0 Å². The third kappa shape index (κ3) is 2.64. The number of nitrogens with zero attached hydrogens (tertiary/aromatic N) is 1. The van der Waals surface area contributed by atoms with Crippen molar-refractivity contribution in [1.29, 1.82) is 0 Å². The normalized spacial score (nSPS) is 20.9. The maximum absolute atomic E-state index is 5.73. The molecule has 0 fully saturated rings. The van der Waals surface area contributed by atoms with Crippen molar-refractivity contribution in [3.63, 3.8) is 0 Å². The van der Waals surface area contributed by atoms with Crippen LogP contribution < -0.4 is 5.73 Å². The SMILES string of the molecule is CC(C)(C)Cc1nc2c([nH]1)CC(CN)CC2. The number of H-pyrrole nitrogens is 1. The molecule has 1 aromatic rings. The summed E-state index contributed by atoms with van der Waals surface area (Å²) in [5.74, 6) is 1.80. The van der Waals surface area contributed by atoms with Crippen LogP contribution in [0.4, 0.5) is 0 Å². The molecule has 90 valence electrons. The predicted octanol–water partition coefficient (Wildman–Crippen LogP) is 2.06. The lowest BCUT2D eigenvalue weighted by molar-refractivity contribution is 0.402. The van der Waals surface area contributed by atoms with Crippen LogP contribution in [0.3, 0.4) is 0 Å². The first kappa shape index (κ1) is 11.6. The zero-order valence-corrected chi connectivity index (χ0v) is 10.6. The summed E-state index contributed by atoms with van der Waals surface area (Å²) in [6.45, 7) is 7.54. The van der Waals surface area contributed by atoms with Crippen LogP contribution in [0.15, 0.2) is 0 Å². The van der Waals surface area contributed by atoms with E-state index in [9.17, 15) is 0 Å². The number of fused-ring (bicyclic) bond motifs is 1. The molecule has 1 heterocycles. The van der Waals surface area contributed by atoms with Gasteiger partial charge in [-0.25, -0.2) is 4.98 Å². The van der Waals surface area contributed by atoms with Crippen LogP contribution in [-0.2, 0) is 19.3 Å². The molecule has 0 bridgehead atoms. The lowest BCUT2D eigenvalue weighted by atomic mass is 9.90. The van der Waals surface area contributed by atoms with Crippen molar-refractivity contribution in [1.82, 2.24) is 9.97 Å². The van der Waals surface area contributed by atoms with Gasteiger partial charge in [0.25, 0.3) is 0 Å². The first-order chi connectivity index (χ1) is 7.48. The summed E-state index contributed by atoms with van der Waals surface area (Å²) in [5, 5.41) is 0. The number of aryl methyl sites for hydroxylation is 1. The average Bonchev–Trinajstić information content (AvgIpc) is 2.55. The van der Waals surface area contributed by atoms with E-state index >= 15 is 0 Å². The zero-order valence-electron chi connectivity index (χ0n) is 10.6. The molecule has 1 unspecified atom stereocenters. The van der Waals surface area contributed by atoms with E-state index in [1.807, 2.05) is 0 Å². The monoisotopic (exact) mass is 221 g/mol. The molecular formula is C13H23N3. The molecule has 16 heavy (non-hydrogen) atoms. The summed E-state index contributed by atoms with van der Waals surface area (Å²) in [6, 6.07) is 0. The van der Waals surface area contributed by atoms with E-state index in [1.54, 1.807) is 0 Å². The maximum atomic E-state index is 5.73. The van der Waals surface area contributed by atoms with Crippen LogP contribution in [-0.4, -0.2) is 16.5 Å². The van der Waals surface area contributed by atoms with Crippen molar-refractivity contribution >= 4 is 0 Å². The Morgan fingerprint density at radius 1 is 1.44 bits per heavy atom. The van der Waals surface area contributed by atoms with E-state index in [0.29, 0.717) is 11.3 Å². The molecule has 0 saturated carbocycles. The smallest absolute Gasteiger partial charge is 0.107 e. The van der Waals surface area contributed by atoms with Gasteiger partial charge in [0.15, 0.2) is 0 Å². The molecule has 0 radical (unpaired) electrons. The Bertz CT molecular complexity index is 360. The first-order valence-electron chi connectivity index (χ1n) is 6.24. The van der Waals surface area contributed by atoms with Crippen LogP contribution in [0.25, 0.3) is 0 Å². The van der Waals surface area contributed by atoms with E-state index in [1.165, 1.54) is 17.8 Å². The number of aromatic nitrogens is 2. The highest BCUT2D eigenvalue weighted by atomic mass is 14.9. The molecule has 1 aliphatic carbocycles. The van der Waals surface area contributed by atoms with Crippen LogP contribution in [0.5, 0.6) is 0 Å². The Morgan fingerprint density at radius 3 is 2.81 bits per heavy atom. The third-order valence-corrected chi connectivity index (χ3v) is 3.23. The number of rotatable bonds is 2. The Balaban J connectivity index is 2.12. The molecule has 3 heteroatoms. The lowest BCUT2D eigenvalue weighted by Crippen LogP contribution is -2.22. The summed E-state index contributed by atoms with van der Waals surface area (Å²) in [5.41, 5.74) is 8.65. The minimum absolute atomic E-state index is 0.299. The molecule has 3 N–H and O–H groups in total. The molecule has 1 aromatic heterocycles. The second kappa shape index (κ2) is 4.21. The Morgan fingerprint density at radius 2 is 2.19 bits per heavy atom. The van der Waals surface area contributed by atoms with Crippen molar-refractivity contribution in [2.45, 2.75) is 46.5 Å².